The van der Waals surface area contributed by atoms with E-state index >= 15 is 0 Å². The number of hydrogen-bond acceptors (Lipinski definition) is 6. The Hall–Kier alpha value is -3.10. The van der Waals surface area contributed by atoms with Crippen LogP contribution >= 0.6 is 0 Å². The Labute approximate surface area is 175 Å². The SMILES string of the molecule is Cc1cccc(C)c1OCC(=O)OCC(=O)NN1C(=O)NC2(CCC(C)CC2)C1=O. The molecule has 1 aromatic rings. The molecule has 2 aliphatic rings. The van der Waals surface area contributed by atoms with Crippen LogP contribution < -0.4 is 15.5 Å². The van der Waals surface area contributed by atoms with E-state index in [9.17, 15) is 19.2 Å². The summed E-state index contributed by atoms with van der Waals surface area (Å²) in [6.45, 7) is 4.84. The van der Waals surface area contributed by atoms with Crippen molar-refractivity contribution in [1.82, 2.24) is 15.8 Å². The lowest BCUT2D eigenvalue weighted by Gasteiger charge is -2.33. The van der Waals surface area contributed by atoms with Gasteiger partial charge < -0.3 is 14.8 Å². The molecule has 1 saturated carbocycles. The van der Waals surface area contributed by atoms with E-state index in [1.165, 1.54) is 0 Å². The number of amides is 4. The number of urea groups is 1. The topological polar surface area (TPSA) is 114 Å². The highest BCUT2D eigenvalue weighted by molar-refractivity contribution is 6.08. The predicted octanol–water partition coefficient (Wildman–Crippen LogP) is 1.76. The second-order valence-electron chi connectivity index (χ2n) is 8.04. The van der Waals surface area contributed by atoms with Crippen LogP contribution in [0.5, 0.6) is 5.75 Å². The fourth-order valence-electron chi connectivity index (χ4n) is 3.82. The Bertz CT molecular complexity index is 840. The van der Waals surface area contributed by atoms with Crippen molar-refractivity contribution in [2.75, 3.05) is 13.2 Å². The van der Waals surface area contributed by atoms with Gasteiger partial charge in [0.2, 0.25) is 0 Å². The standard InChI is InChI=1S/C21H27N3O6/c1-13-7-9-21(10-8-13)19(27)24(20(28)22-21)23-16(25)11-29-17(26)12-30-18-14(2)5-4-6-15(18)3/h4-6,13H,7-12H2,1-3H3,(H,22,28)(H,23,25). The van der Waals surface area contributed by atoms with E-state index in [-0.39, 0.29) is 6.61 Å². The predicted molar refractivity (Wildman–Crippen MR) is 106 cm³/mol. The number of hydrogen-bond donors (Lipinski definition) is 2. The van der Waals surface area contributed by atoms with Crippen LogP contribution in [-0.2, 0) is 19.1 Å². The highest BCUT2D eigenvalue weighted by Crippen LogP contribution is 2.35. The molecule has 9 nitrogen and oxygen atoms in total. The van der Waals surface area contributed by atoms with Crippen molar-refractivity contribution in [2.45, 2.75) is 52.0 Å². The second kappa shape index (κ2) is 8.73. The van der Waals surface area contributed by atoms with Gasteiger partial charge >= 0.3 is 12.0 Å². The molecule has 9 heteroatoms. The number of nitrogens with one attached hydrogen (secondary N) is 2. The minimum absolute atomic E-state index is 0.358. The van der Waals surface area contributed by atoms with Gasteiger partial charge in [0.15, 0.2) is 13.2 Å². The van der Waals surface area contributed by atoms with Crippen molar-refractivity contribution in [1.29, 1.82) is 0 Å². The molecular formula is C21H27N3O6. The van der Waals surface area contributed by atoms with Gasteiger partial charge in [0.25, 0.3) is 11.8 Å². The first kappa shape index (κ1) is 21.6. The lowest BCUT2D eigenvalue weighted by Crippen LogP contribution is -2.52. The zero-order chi connectivity index (χ0) is 21.9. The van der Waals surface area contributed by atoms with Crippen LogP contribution in [0.2, 0.25) is 0 Å². The van der Waals surface area contributed by atoms with Crippen LogP contribution in [0.1, 0.15) is 43.7 Å². The molecule has 0 radical (unpaired) electrons. The van der Waals surface area contributed by atoms with E-state index in [2.05, 4.69) is 17.7 Å². The highest BCUT2D eigenvalue weighted by Gasteiger charge is 2.52. The van der Waals surface area contributed by atoms with Crippen LogP contribution in [0.25, 0.3) is 0 Å². The van der Waals surface area contributed by atoms with Gasteiger partial charge in [0.1, 0.15) is 11.3 Å². The van der Waals surface area contributed by atoms with Gasteiger partial charge in [-0.3, -0.25) is 15.0 Å². The minimum atomic E-state index is -0.952. The number of imide groups is 1. The fraction of sp³-hybridized carbons (Fsp3) is 0.524. The van der Waals surface area contributed by atoms with Crippen molar-refractivity contribution in [3.05, 3.63) is 29.3 Å². The number of rotatable bonds is 6. The molecule has 0 bridgehead atoms. The molecule has 162 valence electrons. The van der Waals surface area contributed by atoms with E-state index in [4.69, 9.17) is 9.47 Å². The van der Waals surface area contributed by atoms with Gasteiger partial charge in [-0.1, -0.05) is 25.1 Å². The maximum Gasteiger partial charge on any atom is 0.344 e. The summed E-state index contributed by atoms with van der Waals surface area (Å²) in [5.74, 6) is -0.903. The molecule has 0 unspecified atom stereocenters. The molecule has 3 rings (SSSR count). The average molecular weight is 417 g/mol. The maximum atomic E-state index is 12.7. The largest absolute Gasteiger partial charge is 0.481 e. The summed E-state index contributed by atoms with van der Waals surface area (Å²) >= 11 is 0. The van der Waals surface area contributed by atoms with Gasteiger partial charge in [0.05, 0.1) is 0 Å². The third kappa shape index (κ3) is 4.55. The first-order valence-electron chi connectivity index (χ1n) is 10.0. The average Bonchev–Trinajstić information content (AvgIpc) is 2.92. The number of nitrogens with zero attached hydrogens (tertiary/aromatic N) is 1. The third-order valence-corrected chi connectivity index (χ3v) is 5.63. The number of ether oxygens (including phenoxy) is 2. The van der Waals surface area contributed by atoms with E-state index < -0.39 is 36.0 Å². The molecule has 30 heavy (non-hydrogen) atoms. The summed E-state index contributed by atoms with van der Waals surface area (Å²) in [5, 5.41) is 3.38. The number of carbonyl (C=O) groups excluding carboxylic acids is 4. The van der Waals surface area contributed by atoms with Gasteiger partial charge in [-0.25, -0.2) is 9.59 Å². The zero-order valence-electron chi connectivity index (χ0n) is 17.4. The molecule has 0 aromatic heterocycles. The smallest absolute Gasteiger partial charge is 0.344 e. The Morgan fingerprint density at radius 1 is 1.17 bits per heavy atom. The van der Waals surface area contributed by atoms with E-state index in [1.54, 1.807) is 0 Å². The molecule has 1 heterocycles. The lowest BCUT2D eigenvalue weighted by molar-refractivity contribution is -0.152. The van der Waals surface area contributed by atoms with Crippen molar-refractivity contribution in [3.63, 3.8) is 0 Å². The monoisotopic (exact) mass is 417 g/mol. The van der Waals surface area contributed by atoms with Crippen LogP contribution in [0, 0.1) is 19.8 Å². The Balaban J connectivity index is 1.47. The van der Waals surface area contributed by atoms with Gasteiger partial charge in [0, 0.05) is 0 Å². The van der Waals surface area contributed by atoms with E-state index in [0.717, 1.165) is 24.0 Å². The van der Waals surface area contributed by atoms with Gasteiger partial charge in [-0.2, -0.15) is 5.01 Å². The molecule has 1 aromatic carbocycles. The Morgan fingerprint density at radius 3 is 2.43 bits per heavy atom. The summed E-state index contributed by atoms with van der Waals surface area (Å²) in [7, 11) is 0. The van der Waals surface area contributed by atoms with Gasteiger partial charge in [-0.15, -0.1) is 0 Å². The molecular weight excluding hydrogens is 390 g/mol. The van der Waals surface area contributed by atoms with Crippen LogP contribution in [0.4, 0.5) is 4.79 Å². The first-order chi connectivity index (χ1) is 14.2. The number of benzene rings is 1. The van der Waals surface area contributed by atoms with E-state index in [1.807, 2.05) is 32.0 Å². The first-order valence-corrected chi connectivity index (χ1v) is 10.0. The molecule has 4 amide bonds. The van der Waals surface area contributed by atoms with Gasteiger partial charge in [-0.05, 0) is 56.6 Å². The second-order valence-corrected chi connectivity index (χ2v) is 8.04. The molecule has 1 aliphatic heterocycles. The summed E-state index contributed by atoms with van der Waals surface area (Å²) in [6.07, 6.45) is 2.73. The molecule has 2 fully saturated rings. The number of carbonyl (C=O) groups is 4. The number of esters is 1. The summed E-state index contributed by atoms with van der Waals surface area (Å²) in [4.78, 5) is 48.9. The molecule has 1 saturated heterocycles. The van der Waals surface area contributed by atoms with Crippen LogP contribution in [0.3, 0.4) is 0 Å². The Kier molecular flexibility index (Phi) is 6.28. The van der Waals surface area contributed by atoms with Crippen LogP contribution in [0.15, 0.2) is 18.2 Å². The highest BCUT2D eigenvalue weighted by atomic mass is 16.6. The number of hydrazine groups is 1. The molecule has 0 atom stereocenters. The maximum absolute atomic E-state index is 12.7. The van der Waals surface area contributed by atoms with Crippen molar-refractivity contribution >= 4 is 23.8 Å². The normalized spacial score (nSPS) is 23.3. The van der Waals surface area contributed by atoms with Crippen LogP contribution in [-0.4, -0.2) is 47.6 Å². The summed E-state index contributed by atoms with van der Waals surface area (Å²) in [5.41, 5.74) is 3.03. The summed E-state index contributed by atoms with van der Waals surface area (Å²) < 4.78 is 10.4. The molecule has 2 N–H and O–H groups in total. The fourth-order valence-corrected chi connectivity index (χ4v) is 3.82. The lowest BCUT2D eigenvalue weighted by atomic mass is 9.77. The minimum Gasteiger partial charge on any atom is -0.481 e. The van der Waals surface area contributed by atoms with Crippen molar-refractivity contribution in [2.24, 2.45) is 5.92 Å². The number of para-hydroxylation sites is 1. The third-order valence-electron chi connectivity index (χ3n) is 5.63. The number of aryl methyl sites for hydroxylation is 2. The molecule has 1 spiro atoms. The van der Waals surface area contributed by atoms with E-state index in [0.29, 0.717) is 29.5 Å². The molecule has 1 aliphatic carbocycles. The zero-order valence-corrected chi connectivity index (χ0v) is 17.4. The van der Waals surface area contributed by atoms with Crippen molar-refractivity contribution in [3.8, 4) is 5.75 Å². The quantitative estimate of drug-likeness (QED) is 0.539. The van der Waals surface area contributed by atoms with Crippen molar-refractivity contribution < 1.29 is 28.7 Å². The Morgan fingerprint density at radius 2 is 1.80 bits per heavy atom. The summed E-state index contributed by atoms with van der Waals surface area (Å²) in [6, 6.07) is 4.93.